The Morgan fingerprint density at radius 2 is 1.67 bits per heavy atom. The maximum absolute atomic E-state index is 12.6. The highest BCUT2D eigenvalue weighted by Crippen LogP contribution is 2.35. The van der Waals surface area contributed by atoms with Crippen molar-refractivity contribution in [3.63, 3.8) is 0 Å². The van der Waals surface area contributed by atoms with Crippen LogP contribution in [0.5, 0.6) is 0 Å². The van der Waals surface area contributed by atoms with Crippen molar-refractivity contribution in [1.82, 2.24) is 24.9 Å². The number of nitrogens with one attached hydrogen (secondary N) is 1. The van der Waals surface area contributed by atoms with Crippen LogP contribution in [-0.4, -0.2) is 101 Å². The SMILES string of the molecule is CCN(CC)C(=O)CN1CCN(C(=O)CCCN2C(=O)NC3(CCCC3)C2=O)CC1. The summed E-state index contributed by atoms with van der Waals surface area (Å²) in [6.45, 7) is 8.67. The van der Waals surface area contributed by atoms with Crippen molar-refractivity contribution in [3.8, 4) is 0 Å². The van der Waals surface area contributed by atoms with Crippen LogP contribution in [-0.2, 0) is 14.4 Å². The van der Waals surface area contributed by atoms with E-state index in [1.54, 1.807) is 0 Å². The van der Waals surface area contributed by atoms with Crippen LogP contribution < -0.4 is 5.32 Å². The van der Waals surface area contributed by atoms with E-state index in [1.165, 1.54) is 4.90 Å². The molecule has 9 nitrogen and oxygen atoms in total. The van der Waals surface area contributed by atoms with E-state index in [0.29, 0.717) is 71.5 Å². The van der Waals surface area contributed by atoms with Crippen LogP contribution in [0.2, 0.25) is 0 Å². The molecular weight excluding hydrogens is 386 g/mol. The monoisotopic (exact) mass is 421 g/mol. The van der Waals surface area contributed by atoms with Gasteiger partial charge < -0.3 is 15.1 Å². The fraction of sp³-hybridized carbons (Fsp3) is 0.810. The predicted molar refractivity (Wildman–Crippen MR) is 112 cm³/mol. The molecule has 2 heterocycles. The maximum atomic E-state index is 12.6. The highest BCUT2D eigenvalue weighted by Gasteiger charge is 2.52. The zero-order chi connectivity index (χ0) is 21.7. The first kappa shape index (κ1) is 22.5. The summed E-state index contributed by atoms with van der Waals surface area (Å²) in [4.78, 5) is 56.7. The van der Waals surface area contributed by atoms with Gasteiger partial charge in [0.2, 0.25) is 11.8 Å². The predicted octanol–water partition coefficient (Wildman–Crippen LogP) is 0.644. The third-order valence-corrected chi connectivity index (χ3v) is 6.68. The summed E-state index contributed by atoms with van der Waals surface area (Å²) in [6.07, 6.45) is 4.16. The molecule has 168 valence electrons. The third kappa shape index (κ3) is 4.77. The van der Waals surface area contributed by atoms with Crippen LogP contribution in [0.25, 0.3) is 0 Å². The average molecular weight is 422 g/mol. The van der Waals surface area contributed by atoms with Crippen molar-refractivity contribution in [3.05, 3.63) is 0 Å². The molecule has 9 heteroatoms. The lowest BCUT2D eigenvalue weighted by Gasteiger charge is -2.35. The molecule has 1 N–H and O–H groups in total. The number of hydrogen-bond acceptors (Lipinski definition) is 5. The minimum absolute atomic E-state index is 0.0485. The molecule has 0 aromatic heterocycles. The van der Waals surface area contributed by atoms with Crippen molar-refractivity contribution in [1.29, 1.82) is 0 Å². The van der Waals surface area contributed by atoms with Crippen LogP contribution in [0.1, 0.15) is 52.4 Å². The van der Waals surface area contributed by atoms with Crippen LogP contribution in [0, 0.1) is 0 Å². The Bertz CT molecular complexity index is 664. The summed E-state index contributed by atoms with van der Waals surface area (Å²) < 4.78 is 0. The van der Waals surface area contributed by atoms with Gasteiger partial charge in [-0.3, -0.25) is 24.2 Å². The first-order chi connectivity index (χ1) is 14.4. The van der Waals surface area contributed by atoms with Crippen molar-refractivity contribution >= 4 is 23.8 Å². The van der Waals surface area contributed by atoms with Crippen LogP contribution >= 0.6 is 0 Å². The second-order valence-corrected chi connectivity index (χ2v) is 8.50. The molecule has 1 aliphatic carbocycles. The van der Waals surface area contributed by atoms with Crippen molar-refractivity contribution in [2.75, 3.05) is 52.4 Å². The second kappa shape index (κ2) is 9.76. The Morgan fingerprint density at radius 1 is 1.03 bits per heavy atom. The summed E-state index contributed by atoms with van der Waals surface area (Å²) in [5.41, 5.74) is -0.681. The van der Waals surface area contributed by atoms with E-state index in [0.717, 1.165) is 12.8 Å². The quantitative estimate of drug-likeness (QED) is 0.581. The maximum Gasteiger partial charge on any atom is 0.325 e. The Balaban J connectivity index is 1.38. The zero-order valence-corrected chi connectivity index (χ0v) is 18.3. The molecule has 1 spiro atoms. The molecular formula is C21H35N5O4. The first-order valence-corrected chi connectivity index (χ1v) is 11.3. The smallest absolute Gasteiger partial charge is 0.325 e. The number of piperazine rings is 1. The van der Waals surface area contributed by atoms with Gasteiger partial charge in [-0.05, 0) is 33.1 Å². The van der Waals surface area contributed by atoms with Gasteiger partial charge in [-0.2, -0.15) is 0 Å². The molecule has 1 saturated carbocycles. The van der Waals surface area contributed by atoms with Crippen molar-refractivity contribution in [2.24, 2.45) is 0 Å². The van der Waals surface area contributed by atoms with Gasteiger partial charge in [-0.25, -0.2) is 4.79 Å². The number of carbonyl (C=O) groups excluding carboxylic acids is 4. The molecule has 30 heavy (non-hydrogen) atoms. The van der Waals surface area contributed by atoms with E-state index in [9.17, 15) is 19.2 Å². The second-order valence-electron chi connectivity index (χ2n) is 8.50. The molecule has 5 amide bonds. The van der Waals surface area contributed by atoms with Gasteiger partial charge in [0.05, 0.1) is 6.54 Å². The lowest BCUT2D eigenvalue weighted by atomic mass is 9.98. The standard InChI is InChI=1S/C21H35N5O4/c1-3-24(4-2)18(28)16-23-12-14-25(15-13-23)17(27)8-7-11-26-19(29)21(22-20(26)30)9-5-6-10-21/h3-16H2,1-2H3,(H,22,30). The largest absolute Gasteiger partial charge is 0.342 e. The molecule has 0 bridgehead atoms. The zero-order valence-electron chi connectivity index (χ0n) is 18.3. The van der Waals surface area contributed by atoms with Gasteiger partial charge in [-0.1, -0.05) is 12.8 Å². The molecule has 0 unspecified atom stereocenters. The van der Waals surface area contributed by atoms with Gasteiger partial charge in [0.1, 0.15) is 5.54 Å². The topological polar surface area (TPSA) is 93.3 Å². The average Bonchev–Trinajstić information content (AvgIpc) is 3.29. The Kier molecular flexibility index (Phi) is 7.33. The molecule has 2 saturated heterocycles. The van der Waals surface area contributed by atoms with E-state index in [2.05, 4.69) is 10.2 Å². The van der Waals surface area contributed by atoms with Crippen LogP contribution in [0.4, 0.5) is 4.79 Å². The fourth-order valence-corrected chi connectivity index (χ4v) is 4.77. The first-order valence-electron chi connectivity index (χ1n) is 11.3. The van der Waals surface area contributed by atoms with E-state index >= 15 is 0 Å². The third-order valence-electron chi connectivity index (χ3n) is 6.68. The molecule has 3 rings (SSSR count). The minimum atomic E-state index is -0.681. The van der Waals surface area contributed by atoms with Gasteiger partial charge in [0.15, 0.2) is 0 Å². The number of nitrogens with zero attached hydrogens (tertiary/aromatic N) is 4. The van der Waals surface area contributed by atoms with Crippen LogP contribution in [0.15, 0.2) is 0 Å². The normalized spacial score (nSPS) is 21.4. The lowest BCUT2D eigenvalue weighted by Crippen LogP contribution is -2.51. The Morgan fingerprint density at radius 3 is 2.27 bits per heavy atom. The number of amides is 5. The summed E-state index contributed by atoms with van der Waals surface area (Å²) in [7, 11) is 0. The number of imide groups is 1. The molecule has 2 aliphatic heterocycles. The summed E-state index contributed by atoms with van der Waals surface area (Å²) in [5.74, 6) is 0.0599. The van der Waals surface area contributed by atoms with Crippen molar-refractivity contribution in [2.45, 2.75) is 57.9 Å². The van der Waals surface area contributed by atoms with E-state index in [1.807, 2.05) is 23.6 Å². The molecule has 0 aromatic carbocycles. The van der Waals surface area contributed by atoms with Gasteiger partial charge in [0, 0.05) is 52.2 Å². The van der Waals surface area contributed by atoms with Gasteiger partial charge >= 0.3 is 6.03 Å². The molecule has 0 aromatic rings. The van der Waals surface area contributed by atoms with Crippen molar-refractivity contribution < 1.29 is 19.2 Å². The Labute approximate surface area is 178 Å². The number of hydrogen-bond donors (Lipinski definition) is 1. The van der Waals surface area contributed by atoms with E-state index in [-0.39, 0.29) is 30.3 Å². The molecule has 0 atom stereocenters. The lowest BCUT2D eigenvalue weighted by molar-refractivity contribution is -0.136. The summed E-state index contributed by atoms with van der Waals surface area (Å²) >= 11 is 0. The van der Waals surface area contributed by atoms with Gasteiger partial charge in [-0.15, -0.1) is 0 Å². The van der Waals surface area contributed by atoms with E-state index < -0.39 is 5.54 Å². The van der Waals surface area contributed by atoms with Gasteiger partial charge in [0.25, 0.3) is 5.91 Å². The van der Waals surface area contributed by atoms with E-state index in [4.69, 9.17) is 0 Å². The number of rotatable bonds is 8. The number of carbonyl (C=O) groups is 4. The summed E-state index contributed by atoms with van der Waals surface area (Å²) in [6, 6.07) is -0.319. The molecule has 3 fully saturated rings. The highest BCUT2D eigenvalue weighted by molar-refractivity contribution is 6.07. The molecule has 0 radical (unpaired) electrons. The highest BCUT2D eigenvalue weighted by atomic mass is 16.2. The minimum Gasteiger partial charge on any atom is -0.342 e. The number of likely N-dealkylation sites (N-methyl/N-ethyl adjacent to an activating group) is 1. The fourth-order valence-electron chi connectivity index (χ4n) is 4.77. The number of urea groups is 1. The Hall–Kier alpha value is -2.16. The summed E-state index contributed by atoms with van der Waals surface area (Å²) in [5, 5.41) is 2.87. The van der Waals surface area contributed by atoms with Crippen LogP contribution in [0.3, 0.4) is 0 Å². The molecule has 3 aliphatic rings.